The van der Waals surface area contributed by atoms with Crippen LogP contribution >= 0.6 is 0 Å². The number of aromatic hydroxyl groups is 2. The Balaban J connectivity index is 1.58. The van der Waals surface area contributed by atoms with Gasteiger partial charge in [-0.05, 0) is 55.7 Å². The van der Waals surface area contributed by atoms with Gasteiger partial charge >= 0.3 is 0 Å². The molecule has 2 N–H and O–H groups in total. The van der Waals surface area contributed by atoms with Gasteiger partial charge in [-0.3, -0.25) is 9.98 Å². The molecule has 7 nitrogen and oxygen atoms in total. The van der Waals surface area contributed by atoms with Gasteiger partial charge in [0.15, 0.2) is 0 Å². The van der Waals surface area contributed by atoms with Crippen LogP contribution in [0.5, 0.6) is 28.7 Å². The van der Waals surface area contributed by atoms with E-state index in [2.05, 4.69) is 20.8 Å². The van der Waals surface area contributed by atoms with Crippen LogP contribution in [0.1, 0.15) is 199 Å². The maximum absolute atomic E-state index is 10.9. The summed E-state index contributed by atoms with van der Waals surface area (Å²) >= 11 is 0. The highest BCUT2D eigenvalue weighted by Crippen LogP contribution is 2.34. The third-order valence-corrected chi connectivity index (χ3v) is 10.9. The topological polar surface area (TPSA) is 92.9 Å². The van der Waals surface area contributed by atoms with E-state index in [0.29, 0.717) is 53.8 Å². The average molecular weight is 813 g/mol. The fraction of sp³-hybridized carbons (Fsp3) is 0.615. The van der Waals surface area contributed by atoms with Crippen molar-refractivity contribution in [3.63, 3.8) is 0 Å². The van der Waals surface area contributed by atoms with Crippen LogP contribution in [0.3, 0.4) is 0 Å². The first kappa shape index (κ1) is 49.4. The van der Waals surface area contributed by atoms with E-state index >= 15 is 0 Å². The molecule has 328 valence electrons. The third kappa shape index (κ3) is 22.8. The molecule has 0 saturated carbocycles. The molecule has 0 aliphatic heterocycles. The van der Waals surface area contributed by atoms with Crippen LogP contribution in [0, 0.1) is 0 Å². The summed E-state index contributed by atoms with van der Waals surface area (Å²) in [6.45, 7) is 8.69. The largest absolute Gasteiger partial charge is 0.507 e. The minimum absolute atomic E-state index is 0.107. The van der Waals surface area contributed by atoms with Gasteiger partial charge in [0.05, 0.1) is 31.2 Å². The van der Waals surface area contributed by atoms with E-state index < -0.39 is 0 Å². The molecule has 0 fully saturated rings. The number of phenolic OH excluding ortho intramolecular Hbond substituents is 2. The normalized spacial score (nSPS) is 11.6. The van der Waals surface area contributed by atoms with Crippen molar-refractivity contribution < 1.29 is 24.4 Å². The molecule has 0 heterocycles. The lowest BCUT2D eigenvalue weighted by Gasteiger charge is -2.10. The number of benzene rings is 3. The number of unbranched alkanes of at least 4 members (excludes halogenated alkanes) is 23. The Kier molecular flexibility index (Phi) is 27.4. The number of rotatable bonds is 36. The highest BCUT2D eigenvalue weighted by molar-refractivity contribution is 5.90. The van der Waals surface area contributed by atoms with Crippen molar-refractivity contribution in [1.82, 2.24) is 0 Å². The highest BCUT2D eigenvalue weighted by atomic mass is 16.5. The Morgan fingerprint density at radius 2 is 0.678 bits per heavy atom. The van der Waals surface area contributed by atoms with Crippen LogP contribution < -0.4 is 14.2 Å². The number of hydrogen-bond donors (Lipinski definition) is 2. The highest BCUT2D eigenvalue weighted by Gasteiger charge is 2.08. The SMILES string of the molecule is CCCCCCCCCCCOc1ccc(C=Nc2ccc(OCCCCCCCCCC)cc2N=Cc2ccc(OCCCCCCCCCCC)cc2O)c(O)c1. The van der Waals surface area contributed by atoms with Crippen LogP contribution in [0.25, 0.3) is 0 Å². The molecule has 3 rings (SSSR count). The van der Waals surface area contributed by atoms with Gasteiger partial charge in [0.25, 0.3) is 0 Å². The molecule has 0 aliphatic rings. The van der Waals surface area contributed by atoms with E-state index in [9.17, 15) is 10.2 Å². The molecule has 0 amide bonds. The molecule has 0 aromatic heterocycles. The molecule has 59 heavy (non-hydrogen) atoms. The van der Waals surface area contributed by atoms with E-state index in [4.69, 9.17) is 24.2 Å². The minimum atomic E-state index is 0.107. The summed E-state index contributed by atoms with van der Waals surface area (Å²) < 4.78 is 18.1. The standard InChI is InChI=1S/C52H80N2O5/c1-4-7-10-13-16-19-22-25-28-37-58-47-32-30-44(51(55)40-47)42-53-49-35-34-46(57-36-27-24-21-18-15-12-9-6-3)39-50(49)54-43-45-31-33-48(41-52(45)56)59-38-29-26-23-20-17-14-11-8-5-2/h30-35,39-43,55-56H,4-29,36-38H2,1-3H3. The molecule has 0 unspecified atom stereocenters. The fourth-order valence-electron chi connectivity index (χ4n) is 7.16. The van der Waals surface area contributed by atoms with Gasteiger partial charge in [0.2, 0.25) is 0 Å². The maximum Gasteiger partial charge on any atom is 0.128 e. The van der Waals surface area contributed by atoms with Crippen molar-refractivity contribution in [2.24, 2.45) is 9.98 Å². The van der Waals surface area contributed by atoms with Gasteiger partial charge in [-0.1, -0.05) is 168 Å². The molecule has 7 heteroatoms. The van der Waals surface area contributed by atoms with Gasteiger partial charge in [-0.2, -0.15) is 0 Å². The Morgan fingerprint density at radius 3 is 1.03 bits per heavy atom. The predicted molar refractivity (Wildman–Crippen MR) is 251 cm³/mol. The molecule has 3 aromatic carbocycles. The minimum Gasteiger partial charge on any atom is -0.507 e. The molecule has 0 bridgehead atoms. The van der Waals surface area contributed by atoms with Crippen molar-refractivity contribution in [3.8, 4) is 28.7 Å². The fourth-order valence-corrected chi connectivity index (χ4v) is 7.16. The van der Waals surface area contributed by atoms with Crippen molar-refractivity contribution in [1.29, 1.82) is 0 Å². The third-order valence-electron chi connectivity index (χ3n) is 10.9. The predicted octanol–water partition coefficient (Wildman–Crippen LogP) is 15.9. The number of aliphatic imine (C=N–C) groups is 2. The van der Waals surface area contributed by atoms with E-state index in [1.54, 1.807) is 24.6 Å². The first-order valence-electron chi connectivity index (χ1n) is 23.8. The number of phenols is 2. The zero-order valence-electron chi connectivity index (χ0n) is 37.4. The molecule has 3 aromatic rings. The zero-order valence-corrected chi connectivity index (χ0v) is 37.4. The van der Waals surface area contributed by atoms with Crippen molar-refractivity contribution in [2.75, 3.05) is 19.8 Å². The van der Waals surface area contributed by atoms with Crippen molar-refractivity contribution >= 4 is 23.8 Å². The Labute approximate surface area is 359 Å². The Bertz CT molecular complexity index is 1570. The van der Waals surface area contributed by atoms with Crippen LogP contribution in [0.4, 0.5) is 11.4 Å². The van der Waals surface area contributed by atoms with Crippen LogP contribution in [-0.4, -0.2) is 42.5 Å². The molecular formula is C52H80N2O5. The summed E-state index contributed by atoms with van der Waals surface area (Å²) in [4.78, 5) is 9.51. The quantitative estimate of drug-likeness (QED) is 0.0451. The van der Waals surface area contributed by atoms with Gasteiger partial charge in [-0.15, -0.1) is 0 Å². The van der Waals surface area contributed by atoms with E-state index in [1.165, 1.54) is 128 Å². The number of ether oxygens (including phenoxy) is 3. The van der Waals surface area contributed by atoms with Crippen LogP contribution in [-0.2, 0) is 0 Å². The summed E-state index contributed by atoms with van der Waals surface area (Å²) in [5.41, 5.74) is 2.38. The molecule has 0 atom stereocenters. The molecule has 0 saturated heterocycles. The van der Waals surface area contributed by atoms with Crippen molar-refractivity contribution in [3.05, 3.63) is 65.7 Å². The average Bonchev–Trinajstić information content (AvgIpc) is 3.24. The smallest absolute Gasteiger partial charge is 0.128 e. The Morgan fingerprint density at radius 1 is 0.373 bits per heavy atom. The van der Waals surface area contributed by atoms with Crippen LogP contribution in [0.15, 0.2) is 64.6 Å². The van der Waals surface area contributed by atoms with Crippen molar-refractivity contribution in [2.45, 2.75) is 188 Å². The second-order valence-electron chi connectivity index (χ2n) is 16.3. The van der Waals surface area contributed by atoms with Gasteiger partial charge < -0.3 is 24.4 Å². The summed E-state index contributed by atoms with van der Waals surface area (Å²) in [6, 6.07) is 16.4. The molecule has 0 spiro atoms. The van der Waals surface area contributed by atoms with E-state index in [0.717, 1.165) is 44.3 Å². The van der Waals surface area contributed by atoms with E-state index in [1.807, 2.05) is 42.5 Å². The first-order chi connectivity index (χ1) is 29.0. The lowest BCUT2D eigenvalue weighted by atomic mass is 10.1. The molecular weight excluding hydrogens is 733 g/mol. The van der Waals surface area contributed by atoms with Crippen LogP contribution in [0.2, 0.25) is 0 Å². The summed E-state index contributed by atoms with van der Waals surface area (Å²) in [6.07, 6.45) is 36.0. The van der Waals surface area contributed by atoms with Gasteiger partial charge in [0, 0.05) is 41.8 Å². The first-order valence-corrected chi connectivity index (χ1v) is 23.8. The van der Waals surface area contributed by atoms with E-state index in [-0.39, 0.29) is 11.5 Å². The Hall–Kier alpha value is -4.00. The summed E-state index contributed by atoms with van der Waals surface area (Å²) in [5, 5.41) is 21.7. The van der Waals surface area contributed by atoms with Gasteiger partial charge in [-0.25, -0.2) is 0 Å². The monoisotopic (exact) mass is 813 g/mol. The zero-order chi connectivity index (χ0) is 42.0. The number of hydrogen-bond acceptors (Lipinski definition) is 7. The lowest BCUT2D eigenvalue weighted by Crippen LogP contribution is -1.98. The summed E-state index contributed by atoms with van der Waals surface area (Å²) in [5.74, 6) is 2.25. The second-order valence-corrected chi connectivity index (χ2v) is 16.3. The maximum atomic E-state index is 10.9. The van der Waals surface area contributed by atoms with Gasteiger partial charge in [0.1, 0.15) is 28.7 Å². The molecule has 0 radical (unpaired) electrons. The number of nitrogens with zero attached hydrogens (tertiary/aromatic N) is 2. The lowest BCUT2D eigenvalue weighted by molar-refractivity contribution is 0.302. The molecule has 0 aliphatic carbocycles. The summed E-state index contributed by atoms with van der Waals surface area (Å²) in [7, 11) is 0. The second kappa shape index (κ2) is 32.8.